The fourth-order valence-electron chi connectivity index (χ4n) is 3.12. The molecule has 1 aliphatic carbocycles. The molecule has 2 aliphatic rings. The zero-order chi connectivity index (χ0) is 12.1. The largest absolute Gasteiger partial charge is 0.313 e. The Morgan fingerprint density at radius 1 is 1.29 bits per heavy atom. The normalized spacial score (nSPS) is 30.4. The lowest BCUT2D eigenvalue weighted by Crippen LogP contribution is -2.43. The molecule has 0 aromatic carbocycles. The van der Waals surface area contributed by atoms with Gasteiger partial charge in [-0.15, -0.1) is 0 Å². The quantitative estimate of drug-likeness (QED) is 0.832. The number of nitrogens with one attached hydrogen (secondary N) is 1. The van der Waals surface area contributed by atoms with Gasteiger partial charge in [-0.2, -0.15) is 11.8 Å². The molecule has 100 valence electrons. The Bertz CT molecular complexity index is 224. The Labute approximate surface area is 111 Å². The van der Waals surface area contributed by atoms with Crippen molar-refractivity contribution in [1.29, 1.82) is 0 Å². The molecule has 0 bridgehead atoms. The maximum absolute atomic E-state index is 3.78. The zero-order valence-corrected chi connectivity index (χ0v) is 12.3. The molecular formula is C14H28N2S. The summed E-state index contributed by atoms with van der Waals surface area (Å²) in [5, 5.41) is 3.78. The predicted octanol–water partition coefficient (Wildman–Crippen LogP) is 2.59. The van der Waals surface area contributed by atoms with Crippen molar-refractivity contribution in [2.24, 2.45) is 5.41 Å². The maximum Gasteiger partial charge on any atom is 0.0108 e. The van der Waals surface area contributed by atoms with Crippen molar-refractivity contribution in [3.63, 3.8) is 0 Å². The van der Waals surface area contributed by atoms with Gasteiger partial charge in [0.1, 0.15) is 0 Å². The second-order valence-electron chi connectivity index (χ2n) is 6.37. The Balaban J connectivity index is 1.61. The molecule has 1 saturated carbocycles. The van der Waals surface area contributed by atoms with E-state index in [9.17, 15) is 0 Å². The van der Waals surface area contributed by atoms with Gasteiger partial charge in [0, 0.05) is 43.7 Å². The first kappa shape index (κ1) is 13.7. The average molecular weight is 256 g/mol. The van der Waals surface area contributed by atoms with Crippen LogP contribution in [0, 0.1) is 5.41 Å². The van der Waals surface area contributed by atoms with Gasteiger partial charge in [0.2, 0.25) is 0 Å². The first-order valence-electron chi connectivity index (χ1n) is 7.19. The van der Waals surface area contributed by atoms with Crippen molar-refractivity contribution in [3.05, 3.63) is 0 Å². The number of rotatable bonds is 4. The second-order valence-corrected chi connectivity index (χ2v) is 7.59. The monoisotopic (exact) mass is 256 g/mol. The number of thioether (sulfide) groups is 1. The van der Waals surface area contributed by atoms with Gasteiger partial charge in [0.25, 0.3) is 0 Å². The second kappa shape index (κ2) is 6.44. The van der Waals surface area contributed by atoms with Gasteiger partial charge in [0.15, 0.2) is 0 Å². The molecule has 0 aromatic rings. The van der Waals surface area contributed by atoms with Crippen molar-refractivity contribution < 1.29 is 0 Å². The van der Waals surface area contributed by atoms with Crippen LogP contribution in [0.5, 0.6) is 0 Å². The van der Waals surface area contributed by atoms with Crippen LogP contribution in [0.25, 0.3) is 0 Å². The van der Waals surface area contributed by atoms with Gasteiger partial charge in [0.05, 0.1) is 0 Å². The molecule has 2 fully saturated rings. The molecule has 0 amide bonds. The van der Waals surface area contributed by atoms with E-state index in [0.717, 1.165) is 6.04 Å². The SMILES string of the molecule is CC1(C)CCCC(NCCN2CCSCC2)C1. The molecule has 0 spiro atoms. The van der Waals surface area contributed by atoms with Crippen molar-refractivity contribution in [2.45, 2.75) is 45.6 Å². The Hall–Kier alpha value is 0.270. The summed E-state index contributed by atoms with van der Waals surface area (Å²) >= 11 is 2.10. The third-order valence-corrected chi connectivity index (χ3v) is 5.11. The minimum Gasteiger partial charge on any atom is -0.313 e. The minimum atomic E-state index is 0.567. The number of hydrogen-bond acceptors (Lipinski definition) is 3. The van der Waals surface area contributed by atoms with Crippen molar-refractivity contribution in [1.82, 2.24) is 10.2 Å². The highest BCUT2D eigenvalue weighted by atomic mass is 32.2. The summed E-state index contributed by atoms with van der Waals surface area (Å²) in [5.74, 6) is 2.66. The van der Waals surface area contributed by atoms with E-state index in [1.807, 2.05) is 0 Å². The van der Waals surface area contributed by atoms with E-state index >= 15 is 0 Å². The summed E-state index contributed by atoms with van der Waals surface area (Å²) in [6, 6.07) is 0.776. The van der Waals surface area contributed by atoms with Crippen LogP contribution in [0.15, 0.2) is 0 Å². The maximum atomic E-state index is 3.78. The lowest BCUT2D eigenvalue weighted by molar-refractivity contribution is 0.193. The summed E-state index contributed by atoms with van der Waals surface area (Å²) in [6.45, 7) is 9.86. The zero-order valence-electron chi connectivity index (χ0n) is 11.5. The van der Waals surface area contributed by atoms with Crippen LogP contribution in [0.2, 0.25) is 0 Å². The van der Waals surface area contributed by atoms with Gasteiger partial charge < -0.3 is 10.2 Å². The average Bonchev–Trinajstić information content (AvgIpc) is 2.29. The third kappa shape index (κ3) is 4.80. The topological polar surface area (TPSA) is 15.3 Å². The molecule has 1 atom stereocenters. The van der Waals surface area contributed by atoms with E-state index in [1.54, 1.807) is 0 Å². The van der Waals surface area contributed by atoms with Gasteiger partial charge in [-0.1, -0.05) is 20.3 Å². The molecule has 2 rings (SSSR count). The van der Waals surface area contributed by atoms with Crippen LogP contribution >= 0.6 is 11.8 Å². The third-order valence-electron chi connectivity index (χ3n) is 4.17. The van der Waals surface area contributed by atoms with Crippen LogP contribution < -0.4 is 5.32 Å². The van der Waals surface area contributed by atoms with E-state index in [4.69, 9.17) is 0 Å². The molecule has 1 saturated heterocycles. The summed E-state index contributed by atoms with van der Waals surface area (Å²) in [4.78, 5) is 2.61. The van der Waals surface area contributed by atoms with E-state index in [1.165, 1.54) is 63.4 Å². The fourth-order valence-corrected chi connectivity index (χ4v) is 4.10. The Morgan fingerprint density at radius 2 is 2.06 bits per heavy atom. The van der Waals surface area contributed by atoms with Crippen molar-refractivity contribution >= 4 is 11.8 Å². The molecule has 1 N–H and O–H groups in total. The number of hydrogen-bond donors (Lipinski definition) is 1. The molecule has 2 nitrogen and oxygen atoms in total. The lowest BCUT2D eigenvalue weighted by Gasteiger charge is -2.36. The molecule has 1 aliphatic heterocycles. The van der Waals surface area contributed by atoms with E-state index in [2.05, 4.69) is 35.8 Å². The molecular weight excluding hydrogens is 228 g/mol. The van der Waals surface area contributed by atoms with Crippen LogP contribution in [-0.2, 0) is 0 Å². The van der Waals surface area contributed by atoms with Crippen molar-refractivity contribution in [3.8, 4) is 0 Å². The molecule has 3 heteroatoms. The van der Waals surface area contributed by atoms with E-state index < -0.39 is 0 Å². The lowest BCUT2D eigenvalue weighted by atomic mass is 9.75. The van der Waals surface area contributed by atoms with Gasteiger partial charge >= 0.3 is 0 Å². The Morgan fingerprint density at radius 3 is 2.76 bits per heavy atom. The van der Waals surface area contributed by atoms with Crippen LogP contribution in [-0.4, -0.2) is 48.6 Å². The van der Waals surface area contributed by atoms with Gasteiger partial charge in [-0.05, 0) is 24.7 Å². The molecule has 1 heterocycles. The van der Waals surface area contributed by atoms with Crippen LogP contribution in [0.4, 0.5) is 0 Å². The first-order chi connectivity index (χ1) is 8.16. The Kier molecular flexibility index (Phi) is 5.19. The van der Waals surface area contributed by atoms with Crippen LogP contribution in [0.3, 0.4) is 0 Å². The van der Waals surface area contributed by atoms with E-state index in [-0.39, 0.29) is 0 Å². The summed E-state index contributed by atoms with van der Waals surface area (Å²) in [7, 11) is 0. The highest BCUT2D eigenvalue weighted by Gasteiger charge is 2.27. The standard InChI is InChI=1S/C14H28N2S/c1-14(2)5-3-4-13(12-14)15-6-7-16-8-10-17-11-9-16/h13,15H,3-12H2,1-2H3. The first-order valence-corrected chi connectivity index (χ1v) is 8.35. The smallest absolute Gasteiger partial charge is 0.0108 e. The number of nitrogens with zero attached hydrogens (tertiary/aromatic N) is 1. The minimum absolute atomic E-state index is 0.567. The molecule has 1 unspecified atom stereocenters. The summed E-state index contributed by atoms with van der Waals surface area (Å²) < 4.78 is 0. The van der Waals surface area contributed by atoms with E-state index in [0.29, 0.717) is 5.41 Å². The van der Waals surface area contributed by atoms with Crippen molar-refractivity contribution in [2.75, 3.05) is 37.7 Å². The highest BCUT2D eigenvalue weighted by Crippen LogP contribution is 2.34. The predicted molar refractivity (Wildman–Crippen MR) is 77.8 cm³/mol. The van der Waals surface area contributed by atoms with Gasteiger partial charge in [-0.25, -0.2) is 0 Å². The van der Waals surface area contributed by atoms with Gasteiger partial charge in [-0.3, -0.25) is 0 Å². The molecule has 0 aromatic heterocycles. The highest BCUT2D eigenvalue weighted by molar-refractivity contribution is 7.99. The summed E-state index contributed by atoms with van der Waals surface area (Å²) in [5.41, 5.74) is 0.567. The fraction of sp³-hybridized carbons (Fsp3) is 1.00. The summed E-state index contributed by atoms with van der Waals surface area (Å²) in [6.07, 6.45) is 5.57. The van der Waals surface area contributed by atoms with Crippen LogP contribution in [0.1, 0.15) is 39.5 Å². The molecule has 17 heavy (non-hydrogen) atoms. The molecule has 0 radical (unpaired) electrons.